The van der Waals surface area contributed by atoms with Crippen LogP contribution in [0.5, 0.6) is 0 Å². The molecular weight excluding hydrogens is 305 g/mol. The minimum absolute atomic E-state index is 0.444. The number of aromatic nitrogens is 3. The summed E-state index contributed by atoms with van der Waals surface area (Å²) in [5, 5.41) is 11.4. The van der Waals surface area contributed by atoms with Crippen molar-refractivity contribution in [2.45, 2.75) is 0 Å². The molecule has 0 fully saturated rings. The van der Waals surface area contributed by atoms with Crippen LogP contribution in [-0.4, -0.2) is 20.7 Å². The van der Waals surface area contributed by atoms with Crippen LogP contribution in [0.25, 0.3) is 0 Å². The van der Waals surface area contributed by atoms with Crippen molar-refractivity contribution in [3.05, 3.63) is 46.1 Å². The van der Waals surface area contributed by atoms with E-state index in [1.807, 2.05) is 24.3 Å². The molecule has 76 valence electrons. The van der Waals surface area contributed by atoms with E-state index >= 15 is 0 Å². The third-order valence-corrected chi connectivity index (χ3v) is 2.72. The van der Waals surface area contributed by atoms with Gasteiger partial charge in [-0.1, -0.05) is 18.2 Å². The molecule has 0 atom stereocenters. The fourth-order valence-electron chi connectivity index (χ4n) is 1.09. The minimum Gasteiger partial charge on any atom is -0.382 e. The van der Waals surface area contributed by atoms with Crippen molar-refractivity contribution in [2.75, 3.05) is 0 Å². The Hall–Kier alpha value is -1.44. The number of hydrogen-bond acceptors (Lipinski definition) is 3. The zero-order chi connectivity index (χ0) is 10.7. The topological polar surface area (TPSA) is 69.1 Å². The Morgan fingerprint density at radius 3 is 2.60 bits per heavy atom. The maximum atomic E-state index is 5.86. The van der Waals surface area contributed by atoms with Crippen LogP contribution in [0.4, 0.5) is 0 Å². The molecule has 1 heterocycles. The van der Waals surface area contributed by atoms with Gasteiger partial charge in [0, 0.05) is 9.13 Å². The predicted molar refractivity (Wildman–Crippen MR) is 65.3 cm³/mol. The molecule has 5 nitrogen and oxygen atoms in total. The number of halogens is 1. The van der Waals surface area contributed by atoms with E-state index in [9.17, 15) is 0 Å². The summed E-state index contributed by atoms with van der Waals surface area (Å²) in [4.78, 5) is 0. The maximum Gasteiger partial charge on any atom is 0.152 e. The molecule has 0 aliphatic carbocycles. The molecule has 0 radical (unpaired) electrons. The first-order chi connectivity index (χ1) is 7.27. The van der Waals surface area contributed by atoms with E-state index < -0.39 is 0 Å². The lowest BCUT2D eigenvalue weighted by Gasteiger charge is -2.02. The third kappa shape index (κ3) is 2.32. The van der Waals surface area contributed by atoms with Gasteiger partial charge in [-0.05, 0) is 28.7 Å². The number of amidine groups is 1. The number of nitrogens with zero attached hydrogens (tertiary/aromatic N) is 4. The lowest BCUT2D eigenvalue weighted by molar-refractivity contribution is 0.869. The lowest BCUT2D eigenvalue weighted by Crippen LogP contribution is -2.16. The van der Waals surface area contributed by atoms with Gasteiger partial charge >= 0.3 is 0 Å². The highest BCUT2D eigenvalue weighted by atomic mass is 127. The molecule has 0 unspecified atom stereocenters. The fraction of sp³-hybridized carbons (Fsp3) is 0. The second kappa shape index (κ2) is 4.39. The molecule has 6 heteroatoms. The fourth-order valence-corrected chi connectivity index (χ4v) is 1.76. The van der Waals surface area contributed by atoms with Crippen LogP contribution in [-0.2, 0) is 0 Å². The molecule has 1 aromatic carbocycles. The van der Waals surface area contributed by atoms with Crippen LogP contribution in [0.2, 0.25) is 0 Å². The van der Waals surface area contributed by atoms with Gasteiger partial charge in [0.05, 0.1) is 0 Å². The number of benzene rings is 1. The summed E-state index contributed by atoms with van der Waals surface area (Å²) in [6.07, 6.45) is 2.98. The minimum atomic E-state index is 0.444. The largest absolute Gasteiger partial charge is 0.382 e. The van der Waals surface area contributed by atoms with E-state index in [4.69, 9.17) is 5.73 Å². The summed E-state index contributed by atoms with van der Waals surface area (Å²) in [7, 11) is 0. The first-order valence-corrected chi connectivity index (χ1v) is 5.29. The SMILES string of the molecule is N/C(=N\n1cnnc1)c1ccccc1I. The summed E-state index contributed by atoms with van der Waals surface area (Å²) in [5.74, 6) is 0.444. The second-order valence-electron chi connectivity index (χ2n) is 2.81. The summed E-state index contributed by atoms with van der Waals surface area (Å²) in [6, 6.07) is 7.78. The monoisotopic (exact) mass is 313 g/mol. The highest BCUT2D eigenvalue weighted by Gasteiger charge is 2.02. The van der Waals surface area contributed by atoms with E-state index in [-0.39, 0.29) is 0 Å². The Labute approximate surface area is 100 Å². The van der Waals surface area contributed by atoms with Crippen molar-refractivity contribution in [3.63, 3.8) is 0 Å². The first-order valence-electron chi connectivity index (χ1n) is 4.21. The predicted octanol–water partition coefficient (Wildman–Crippen LogP) is 1.05. The molecule has 0 spiro atoms. The van der Waals surface area contributed by atoms with Crippen LogP contribution < -0.4 is 5.73 Å². The summed E-state index contributed by atoms with van der Waals surface area (Å²) < 4.78 is 2.53. The molecule has 0 aliphatic heterocycles. The van der Waals surface area contributed by atoms with Gasteiger partial charge in [0.1, 0.15) is 12.7 Å². The molecular formula is C9H8IN5. The zero-order valence-corrected chi connectivity index (χ0v) is 9.87. The highest BCUT2D eigenvalue weighted by Crippen LogP contribution is 2.10. The zero-order valence-electron chi connectivity index (χ0n) is 7.71. The van der Waals surface area contributed by atoms with Crippen LogP contribution in [0.3, 0.4) is 0 Å². The quantitative estimate of drug-likeness (QED) is 0.512. The van der Waals surface area contributed by atoms with Gasteiger partial charge in [-0.15, -0.1) is 15.3 Å². The van der Waals surface area contributed by atoms with Crippen molar-refractivity contribution in [1.82, 2.24) is 14.9 Å². The van der Waals surface area contributed by atoms with Crippen LogP contribution in [0, 0.1) is 3.57 Å². The normalized spacial score (nSPS) is 11.7. The Morgan fingerprint density at radius 2 is 1.93 bits per heavy atom. The Balaban J connectivity index is 2.36. The van der Waals surface area contributed by atoms with Crippen molar-refractivity contribution in [1.29, 1.82) is 0 Å². The van der Waals surface area contributed by atoms with Crippen LogP contribution >= 0.6 is 22.6 Å². The first kappa shape index (κ1) is 10.1. The number of hydrogen-bond donors (Lipinski definition) is 1. The van der Waals surface area contributed by atoms with E-state index in [1.165, 1.54) is 17.3 Å². The van der Waals surface area contributed by atoms with Crippen molar-refractivity contribution < 1.29 is 0 Å². The van der Waals surface area contributed by atoms with Crippen molar-refractivity contribution >= 4 is 28.4 Å². The molecule has 0 aliphatic rings. The Kier molecular flexibility index (Phi) is 2.95. The van der Waals surface area contributed by atoms with Gasteiger partial charge in [-0.2, -0.15) is 0 Å². The third-order valence-electron chi connectivity index (χ3n) is 1.78. The van der Waals surface area contributed by atoms with Crippen LogP contribution in [0.15, 0.2) is 42.0 Å². The van der Waals surface area contributed by atoms with Gasteiger partial charge in [0.2, 0.25) is 0 Å². The van der Waals surface area contributed by atoms with E-state index in [1.54, 1.807) is 0 Å². The molecule has 0 bridgehead atoms. The lowest BCUT2D eigenvalue weighted by atomic mass is 10.2. The van der Waals surface area contributed by atoms with Crippen molar-refractivity contribution in [2.24, 2.45) is 10.8 Å². The molecule has 15 heavy (non-hydrogen) atoms. The Bertz CT molecular complexity index is 477. The molecule has 2 rings (SSSR count). The Morgan fingerprint density at radius 1 is 1.27 bits per heavy atom. The average Bonchev–Trinajstić information content (AvgIpc) is 2.71. The van der Waals surface area contributed by atoms with E-state index in [0.717, 1.165) is 9.13 Å². The van der Waals surface area contributed by atoms with Gasteiger partial charge < -0.3 is 5.73 Å². The molecule has 0 amide bonds. The number of rotatable bonds is 2. The second-order valence-corrected chi connectivity index (χ2v) is 3.97. The van der Waals surface area contributed by atoms with Gasteiger partial charge in [-0.3, -0.25) is 0 Å². The van der Waals surface area contributed by atoms with E-state index in [2.05, 4.69) is 37.9 Å². The van der Waals surface area contributed by atoms with Gasteiger partial charge in [-0.25, -0.2) is 4.68 Å². The van der Waals surface area contributed by atoms with E-state index in [0.29, 0.717) is 5.84 Å². The highest BCUT2D eigenvalue weighted by molar-refractivity contribution is 14.1. The van der Waals surface area contributed by atoms with Gasteiger partial charge in [0.25, 0.3) is 0 Å². The molecule has 2 N–H and O–H groups in total. The summed E-state index contributed by atoms with van der Waals surface area (Å²) in [6.45, 7) is 0. The molecule has 2 aromatic rings. The molecule has 1 aromatic heterocycles. The standard InChI is InChI=1S/C9H8IN5/c10-8-4-2-1-3-7(8)9(11)14-15-5-12-13-6-15/h1-6H,(H2,11,14). The summed E-state index contributed by atoms with van der Waals surface area (Å²) >= 11 is 2.22. The average molecular weight is 313 g/mol. The smallest absolute Gasteiger partial charge is 0.152 e. The number of nitrogens with two attached hydrogens (primary N) is 1. The summed E-state index contributed by atoms with van der Waals surface area (Å²) in [5.41, 5.74) is 6.76. The van der Waals surface area contributed by atoms with Crippen molar-refractivity contribution in [3.8, 4) is 0 Å². The molecule has 0 saturated carbocycles. The maximum absolute atomic E-state index is 5.86. The molecule has 0 saturated heterocycles. The van der Waals surface area contributed by atoms with Gasteiger partial charge in [0.15, 0.2) is 5.84 Å². The van der Waals surface area contributed by atoms with Crippen LogP contribution in [0.1, 0.15) is 5.56 Å².